The van der Waals surface area contributed by atoms with Gasteiger partial charge in [-0.2, -0.15) is 0 Å². The Morgan fingerprint density at radius 2 is 2.23 bits per heavy atom. The number of fused-ring (bicyclic) bond motifs is 1. The summed E-state index contributed by atoms with van der Waals surface area (Å²) >= 11 is 0. The Bertz CT molecular complexity index is 845. The fraction of sp³-hybridized carbons (Fsp3) is 0.333. The molecule has 0 fully saturated rings. The Balaban J connectivity index is 2.02. The number of pyridine rings is 1. The number of alkyl halides is 1. The molecule has 0 radical (unpaired) electrons. The van der Waals surface area contributed by atoms with Gasteiger partial charge in [-0.05, 0) is 54.4 Å². The van der Waals surface area contributed by atoms with Gasteiger partial charge in [0, 0.05) is 5.56 Å². The van der Waals surface area contributed by atoms with Gasteiger partial charge in [-0.25, -0.2) is 13.8 Å². The summed E-state index contributed by atoms with van der Waals surface area (Å²) in [5.74, 6) is -0.775. The number of amides is 1. The molecular formula is C18H19F2N2O3P. The van der Waals surface area contributed by atoms with E-state index in [9.17, 15) is 13.6 Å². The summed E-state index contributed by atoms with van der Waals surface area (Å²) in [5.41, 5.74) is 7.70. The van der Waals surface area contributed by atoms with Crippen molar-refractivity contribution in [1.29, 1.82) is 0 Å². The Morgan fingerprint density at radius 1 is 1.46 bits per heavy atom. The van der Waals surface area contributed by atoms with Crippen molar-refractivity contribution in [2.75, 3.05) is 6.61 Å². The van der Waals surface area contributed by atoms with Gasteiger partial charge in [0.25, 0.3) is 5.91 Å². The molecule has 1 aliphatic heterocycles. The van der Waals surface area contributed by atoms with Gasteiger partial charge in [0.1, 0.15) is 17.6 Å². The maximum Gasteiger partial charge on any atom is 0.267 e. The molecule has 5 nitrogen and oxygen atoms in total. The van der Waals surface area contributed by atoms with Gasteiger partial charge >= 0.3 is 0 Å². The number of ether oxygens (including phenoxy) is 2. The van der Waals surface area contributed by atoms with Crippen LogP contribution in [0.2, 0.25) is 0 Å². The monoisotopic (exact) mass is 380 g/mol. The standard InChI is InChI=1S/C18H19F2N2O3P/c1-9(19)24-8-11-3-5-13-14(12-4-2-10(20)6-16(12)26)7-15(17(21)23)22-18(13)25-11/h2,4,6-7,9,11H,3,5,8,26H2,1H3,(H2,21,23)/t9?,11-/m0/s1. The largest absolute Gasteiger partial charge is 0.472 e. The summed E-state index contributed by atoms with van der Waals surface area (Å²) in [6, 6.07) is 5.96. The first kappa shape index (κ1) is 18.7. The molecular weight excluding hydrogens is 361 g/mol. The SMILES string of the molecule is CC(F)OC[C@@H]1CCc2c(-c3ccc(F)cc3P)cc(C(N)=O)nc2O1. The highest BCUT2D eigenvalue weighted by Crippen LogP contribution is 2.35. The lowest BCUT2D eigenvalue weighted by Gasteiger charge is -2.27. The molecule has 26 heavy (non-hydrogen) atoms. The topological polar surface area (TPSA) is 74.4 Å². The molecule has 1 aromatic carbocycles. The molecule has 0 spiro atoms. The van der Waals surface area contributed by atoms with E-state index in [-0.39, 0.29) is 30.1 Å². The van der Waals surface area contributed by atoms with Crippen molar-refractivity contribution in [3.05, 3.63) is 41.3 Å². The highest BCUT2D eigenvalue weighted by atomic mass is 31.0. The molecule has 1 aliphatic rings. The molecule has 2 N–H and O–H groups in total. The van der Waals surface area contributed by atoms with E-state index >= 15 is 0 Å². The zero-order chi connectivity index (χ0) is 18.8. The summed E-state index contributed by atoms with van der Waals surface area (Å²) < 4.78 is 37.1. The minimum Gasteiger partial charge on any atom is -0.472 e. The molecule has 2 aromatic rings. The van der Waals surface area contributed by atoms with Crippen molar-refractivity contribution in [2.24, 2.45) is 5.73 Å². The molecule has 0 aliphatic carbocycles. The molecule has 2 heterocycles. The third kappa shape index (κ3) is 4.00. The van der Waals surface area contributed by atoms with E-state index in [1.165, 1.54) is 19.1 Å². The van der Waals surface area contributed by atoms with Crippen LogP contribution >= 0.6 is 9.24 Å². The van der Waals surface area contributed by atoms with Crippen molar-refractivity contribution in [3.8, 4) is 17.0 Å². The zero-order valence-corrected chi connectivity index (χ0v) is 15.3. The first-order valence-corrected chi connectivity index (χ1v) is 8.74. The van der Waals surface area contributed by atoms with Crippen LogP contribution in [-0.4, -0.2) is 30.0 Å². The summed E-state index contributed by atoms with van der Waals surface area (Å²) in [7, 11) is 2.48. The lowest BCUT2D eigenvalue weighted by molar-refractivity contribution is -0.0603. The first-order valence-electron chi connectivity index (χ1n) is 8.16. The third-order valence-corrected chi connectivity index (χ3v) is 4.63. The van der Waals surface area contributed by atoms with Gasteiger partial charge < -0.3 is 15.2 Å². The lowest BCUT2D eigenvalue weighted by Crippen LogP contribution is -2.30. The van der Waals surface area contributed by atoms with Crippen LogP contribution in [0.1, 0.15) is 29.4 Å². The Kier molecular flexibility index (Phi) is 5.49. The molecule has 8 heteroatoms. The third-order valence-electron chi connectivity index (χ3n) is 4.15. The molecule has 0 saturated carbocycles. The number of hydrogen-bond donors (Lipinski definition) is 1. The van der Waals surface area contributed by atoms with Crippen LogP contribution in [-0.2, 0) is 11.2 Å². The van der Waals surface area contributed by atoms with E-state index < -0.39 is 12.3 Å². The number of hydrogen-bond acceptors (Lipinski definition) is 4. The molecule has 0 bridgehead atoms. The number of carbonyl (C=O) groups excluding carboxylic acids is 1. The van der Waals surface area contributed by atoms with Crippen LogP contribution in [0.5, 0.6) is 5.88 Å². The van der Waals surface area contributed by atoms with E-state index in [0.717, 1.165) is 11.1 Å². The normalized spacial score (nSPS) is 17.3. The van der Waals surface area contributed by atoms with Gasteiger partial charge in [0.05, 0.1) is 6.61 Å². The number of halogens is 2. The second-order valence-electron chi connectivity index (χ2n) is 6.09. The van der Waals surface area contributed by atoms with Crippen LogP contribution in [0.3, 0.4) is 0 Å². The smallest absolute Gasteiger partial charge is 0.267 e. The summed E-state index contributed by atoms with van der Waals surface area (Å²) in [4.78, 5) is 15.9. The number of aromatic nitrogens is 1. The van der Waals surface area contributed by atoms with Gasteiger partial charge in [-0.3, -0.25) is 4.79 Å². The van der Waals surface area contributed by atoms with Gasteiger partial charge in [0.15, 0.2) is 6.36 Å². The quantitative estimate of drug-likeness (QED) is 0.809. The fourth-order valence-corrected chi connectivity index (χ4v) is 3.32. The van der Waals surface area contributed by atoms with Crippen molar-refractivity contribution < 1.29 is 23.0 Å². The maximum atomic E-state index is 13.4. The molecule has 0 saturated heterocycles. The second kappa shape index (κ2) is 7.64. The average molecular weight is 380 g/mol. The molecule has 1 aromatic heterocycles. The predicted octanol–water partition coefficient (Wildman–Crippen LogP) is 2.51. The van der Waals surface area contributed by atoms with E-state index in [2.05, 4.69) is 14.2 Å². The average Bonchev–Trinajstić information content (AvgIpc) is 2.58. The van der Waals surface area contributed by atoms with Crippen LogP contribution in [0, 0.1) is 5.82 Å². The minimum atomic E-state index is -1.39. The minimum absolute atomic E-state index is 0.0490. The second-order valence-corrected chi connectivity index (χ2v) is 6.71. The lowest BCUT2D eigenvalue weighted by atomic mass is 9.94. The van der Waals surface area contributed by atoms with Crippen molar-refractivity contribution in [3.63, 3.8) is 0 Å². The molecule has 2 unspecified atom stereocenters. The first-order chi connectivity index (χ1) is 12.3. The van der Waals surface area contributed by atoms with Crippen molar-refractivity contribution in [2.45, 2.75) is 32.2 Å². The zero-order valence-electron chi connectivity index (χ0n) is 14.2. The number of nitrogens with zero attached hydrogens (tertiary/aromatic N) is 1. The van der Waals surface area contributed by atoms with Crippen LogP contribution in [0.25, 0.3) is 11.1 Å². The molecule has 1 amide bonds. The highest BCUT2D eigenvalue weighted by molar-refractivity contribution is 7.28. The van der Waals surface area contributed by atoms with Crippen molar-refractivity contribution in [1.82, 2.24) is 4.98 Å². The van der Waals surface area contributed by atoms with E-state index in [4.69, 9.17) is 15.2 Å². The van der Waals surface area contributed by atoms with E-state index in [1.807, 2.05) is 0 Å². The Labute approximate surface area is 152 Å². The Hall–Kier alpha value is -2.11. The van der Waals surface area contributed by atoms with Crippen molar-refractivity contribution >= 4 is 20.5 Å². The van der Waals surface area contributed by atoms with Crippen LogP contribution in [0.4, 0.5) is 8.78 Å². The molecule has 3 rings (SSSR count). The number of carbonyl (C=O) groups is 1. The Morgan fingerprint density at radius 3 is 2.88 bits per heavy atom. The van der Waals surface area contributed by atoms with Crippen LogP contribution in [0.15, 0.2) is 24.3 Å². The van der Waals surface area contributed by atoms with Gasteiger partial charge in [-0.1, -0.05) is 6.07 Å². The fourth-order valence-electron chi connectivity index (χ4n) is 2.91. The number of benzene rings is 1. The molecule has 3 atom stereocenters. The van der Waals surface area contributed by atoms with Gasteiger partial charge in [0.2, 0.25) is 5.88 Å². The number of primary amides is 1. The number of nitrogens with two attached hydrogens (primary N) is 1. The molecule has 138 valence electrons. The number of rotatable bonds is 5. The highest BCUT2D eigenvalue weighted by Gasteiger charge is 2.27. The predicted molar refractivity (Wildman–Crippen MR) is 96.8 cm³/mol. The van der Waals surface area contributed by atoms with E-state index in [0.29, 0.717) is 23.7 Å². The van der Waals surface area contributed by atoms with E-state index in [1.54, 1.807) is 12.1 Å². The maximum absolute atomic E-state index is 13.4. The van der Waals surface area contributed by atoms with Crippen LogP contribution < -0.4 is 15.8 Å². The summed E-state index contributed by atoms with van der Waals surface area (Å²) in [6.07, 6.45) is -0.544. The summed E-state index contributed by atoms with van der Waals surface area (Å²) in [5, 5.41) is 0.644. The summed E-state index contributed by atoms with van der Waals surface area (Å²) in [6.45, 7) is 1.38. The van der Waals surface area contributed by atoms with Gasteiger partial charge in [-0.15, -0.1) is 9.24 Å².